The molecule has 0 radical (unpaired) electrons. The van der Waals surface area contributed by atoms with Crippen molar-refractivity contribution in [3.63, 3.8) is 0 Å². The molecule has 0 spiro atoms. The van der Waals surface area contributed by atoms with Crippen LogP contribution < -0.4 is 4.74 Å². The fourth-order valence-corrected chi connectivity index (χ4v) is 2.12. The molecule has 0 aromatic heterocycles. The van der Waals surface area contributed by atoms with Crippen molar-refractivity contribution in [1.82, 2.24) is 0 Å². The fraction of sp³-hybridized carbons (Fsp3) is 0.375. The lowest BCUT2D eigenvalue weighted by molar-refractivity contribution is -0.115. The van der Waals surface area contributed by atoms with Crippen molar-refractivity contribution in [3.05, 3.63) is 41.7 Å². The first-order chi connectivity index (χ1) is 9.70. The summed E-state index contributed by atoms with van der Waals surface area (Å²) in [4.78, 5) is 23.6. The first kappa shape index (κ1) is 14.3. The molecule has 4 heteroatoms. The number of hydrogen-bond acceptors (Lipinski definition) is 4. The number of carbonyl (C=O) groups is 2. The van der Waals surface area contributed by atoms with Crippen LogP contribution in [0.25, 0.3) is 0 Å². The summed E-state index contributed by atoms with van der Waals surface area (Å²) in [6.45, 7) is 0. The minimum Gasteiger partial charge on any atom is -0.497 e. The topological polar surface area (TPSA) is 52.6 Å². The van der Waals surface area contributed by atoms with E-state index >= 15 is 0 Å². The van der Waals surface area contributed by atoms with Crippen LogP contribution in [0.15, 0.2) is 36.1 Å². The largest absolute Gasteiger partial charge is 0.497 e. The van der Waals surface area contributed by atoms with E-state index in [1.54, 1.807) is 31.4 Å². The minimum atomic E-state index is -0.461. The second-order valence-electron chi connectivity index (χ2n) is 4.76. The van der Waals surface area contributed by atoms with Gasteiger partial charge in [0, 0.05) is 12.0 Å². The Labute approximate surface area is 118 Å². The average molecular weight is 274 g/mol. The lowest BCUT2D eigenvalue weighted by atomic mass is 10.1. The highest BCUT2D eigenvalue weighted by atomic mass is 16.5. The first-order valence-corrected chi connectivity index (χ1v) is 6.78. The predicted octanol–water partition coefficient (Wildman–Crippen LogP) is 3.27. The van der Waals surface area contributed by atoms with E-state index in [2.05, 4.69) is 0 Å². The van der Waals surface area contributed by atoms with Gasteiger partial charge in [0.2, 0.25) is 0 Å². The number of carbonyl (C=O) groups excluding carboxylic acids is 2. The smallest absolute Gasteiger partial charge is 0.342 e. The van der Waals surface area contributed by atoms with E-state index in [1.165, 1.54) is 6.26 Å². The number of Topliss-reactive ketones (excluding diaryl/α,β-unsaturated/α-hetero) is 1. The number of hydrogen-bond donors (Lipinski definition) is 0. The minimum absolute atomic E-state index is 0.0880. The van der Waals surface area contributed by atoms with Gasteiger partial charge in [-0.05, 0) is 43.5 Å². The highest BCUT2D eigenvalue weighted by Gasteiger charge is 2.15. The summed E-state index contributed by atoms with van der Waals surface area (Å²) in [6.07, 6.45) is 5.50. The van der Waals surface area contributed by atoms with Crippen molar-refractivity contribution in [2.75, 3.05) is 7.11 Å². The highest BCUT2D eigenvalue weighted by Crippen LogP contribution is 2.19. The number of allylic oxidation sites excluding steroid dienone is 1. The molecule has 1 aromatic rings. The maximum atomic E-state index is 11.9. The monoisotopic (exact) mass is 274 g/mol. The van der Waals surface area contributed by atoms with Gasteiger partial charge in [-0.25, -0.2) is 4.79 Å². The van der Waals surface area contributed by atoms with E-state index in [0.717, 1.165) is 19.3 Å². The van der Waals surface area contributed by atoms with E-state index in [1.807, 2.05) is 0 Å². The second-order valence-corrected chi connectivity index (χ2v) is 4.76. The number of methoxy groups -OCH3 is 1. The van der Waals surface area contributed by atoms with Crippen LogP contribution in [0.2, 0.25) is 0 Å². The van der Waals surface area contributed by atoms with Crippen molar-refractivity contribution in [1.29, 1.82) is 0 Å². The van der Waals surface area contributed by atoms with Crippen LogP contribution in [0, 0.1) is 0 Å². The summed E-state index contributed by atoms with van der Waals surface area (Å²) < 4.78 is 10.1. The Morgan fingerprint density at radius 1 is 1.10 bits per heavy atom. The van der Waals surface area contributed by atoms with Gasteiger partial charge in [-0.3, -0.25) is 4.79 Å². The van der Waals surface area contributed by atoms with Crippen LogP contribution in [0.3, 0.4) is 0 Å². The predicted molar refractivity (Wildman–Crippen MR) is 74.6 cm³/mol. The van der Waals surface area contributed by atoms with Gasteiger partial charge in [0.25, 0.3) is 0 Å². The summed E-state index contributed by atoms with van der Waals surface area (Å²) in [5.41, 5.74) is 1.05. The lowest BCUT2D eigenvalue weighted by Gasteiger charge is -2.04. The summed E-state index contributed by atoms with van der Waals surface area (Å²) in [5.74, 6) is 0.307. The third kappa shape index (κ3) is 3.70. The molecule has 1 aliphatic carbocycles. The summed E-state index contributed by atoms with van der Waals surface area (Å²) in [6, 6.07) is 6.66. The molecule has 4 nitrogen and oxygen atoms in total. The van der Waals surface area contributed by atoms with E-state index in [9.17, 15) is 9.59 Å². The van der Waals surface area contributed by atoms with Crippen LogP contribution in [-0.4, -0.2) is 18.9 Å². The number of ether oxygens (including phenoxy) is 2. The van der Waals surface area contributed by atoms with Crippen molar-refractivity contribution >= 4 is 11.8 Å². The van der Waals surface area contributed by atoms with Gasteiger partial charge >= 0.3 is 5.97 Å². The average Bonchev–Trinajstić information content (AvgIpc) is 2.69. The standard InChI is InChI=1S/C16H18O4/c1-19-14-9-7-12(8-10-14)16(18)20-11-13-5-3-2-4-6-15(13)17/h7-11H,2-6H2,1H3/b13-11+. The zero-order valence-corrected chi connectivity index (χ0v) is 11.6. The SMILES string of the molecule is COc1ccc(C(=O)O/C=C2\CCCCCC2=O)cc1. The molecule has 0 aliphatic heterocycles. The Morgan fingerprint density at radius 3 is 2.50 bits per heavy atom. The molecule has 1 aromatic carbocycles. The van der Waals surface area contributed by atoms with Crippen molar-refractivity contribution in [2.24, 2.45) is 0 Å². The number of esters is 1. The third-order valence-electron chi connectivity index (χ3n) is 3.34. The summed E-state index contributed by atoms with van der Waals surface area (Å²) in [5, 5.41) is 0. The van der Waals surface area contributed by atoms with E-state index in [0.29, 0.717) is 29.7 Å². The maximum Gasteiger partial charge on any atom is 0.342 e. The molecule has 1 aliphatic rings. The Balaban J connectivity index is 2.01. The molecular formula is C16H18O4. The molecule has 0 unspecified atom stereocenters. The summed E-state index contributed by atoms with van der Waals surface area (Å²) in [7, 11) is 1.56. The quantitative estimate of drug-likeness (QED) is 0.367. The van der Waals surface area contributed by atoms with Crippen LogP contribution in [-0.2, 0) is 9.53 Å². The molecule has 0 saturated heterocycles. The van der Waals surface area contributed by atoms with E-state index in [-0.39, 0.29) is 5.78 Å². The zero-order chi connectivity index (χ0) is 14.4. The van der Waals surface area contributed by atoms with Gasteiger partial charge in [-0.2, -0.15) is 0 Å². The van der Waals surface area contributed by atoms with Crippen LogP contribution in [0.5, 0.6) is 5.75 Å². The highest BCUT2D eigenvalue weighted by molar-refractivity contribution is 5.96. The number of ketones is 1. The Kier molecular flexibility index (Phi) is 4.93. The Hall–Kier alpha value is -2.10. The molecule has 0 bridgehead atoms. The van der Waals surface area contributed by atoms with Gasteiger partial charge in [0.15, 0.2) is 5.78 Å². The number of rotatable bonds is 3. The van der Waals surface area contributed by atoms with Gasteiger partial charge in [0.1, 0.15) is 12.0 Å². The molecule has 0 heterocycles. The normalized spacial score (nSPS) is 17.6. The van der Waals surface area contributed by atoms with Crippen LogP contribution in [0.1, 0.15) is 42.5 Å². The molecule has 2 rings (SSSR count). The molecule has 0 N–H and O–H groups in total. The molecule has 106 valence electrons. The second kappa shape index (κ2) is 6.89. The Bertz CT molecular complexity index is 514. The Morgan fingerprint density at radius 2 is 1.80 bits per heavy atom. The number of benzene rings is 1. The molecule has 1 fully saturated rings. The van der Waals surface area contributed by atoms with E-state index < -0.39 is 5.97 Å². The lowest BCUT2D eigenvalue weighted by Crippen LogP contribution is -2.05. The maximum absolute atomic E-state index is 11.9. The molecular weight excluding hydrogens is 256 g/mol. The molecule has 0 atom stereocenters. The van der Waals surface area contributed by atoms with Gasteiger partial charge in [0.05, 0.1) is 12.7 Å². The summed E-state index contributed by atoms with van der Waals surface area (Å²) >= 11 is 0. The first-order valence-electron chi connectivity index (χ1n) is 6.78. The van der Waals surface area contributed by atoms with E-state index in [4.69, 9.17) is 9.47 Å². The van der Waals surface area contributed by atoms with Gasteiger partial charge < -0.3 is 9.47 Å². The fourth-order valence-electron chi connectivity index (χ4n) is 2.12. The molecule has 0 amide bonds. The molecule has 1 saturated carbocycles. The van der Waals surface area contributed by atoms with Crippen molar-refractivity contribution in [3.8, 4) is 5.75 Å². The van der Waals surface area contributed by atoms with Gasteiger partial charge in [-0.1, -0.05) is 6.42 Å². The van der Waals surface area contributed by atoms with Crippen LogP contribution in [0.4, 0.5) is 0 Å². The van der Waals surface area contributed by atoms with Gasteiger partial charge in [-0.15, -0.1) is 0 Å². The third-order valence-corrected chi connectivity index (χ3v) is 3.34. The zero-order valence-electron chi connectivity index (χ0n) is 11.6. The van der Waals surface area contributed by atoms with Crippen molar-refractivity contribution in [2.45, 2.75) is 32.1 Å². The van der Waals surface area contributed by atoms with Crippen molar-refractivity contribution < 1.29 is 19.1 Å². The molecule has 20 heavy (non-hydrogen) atoms. The van der Waals surface area contributed by atoms with Crippen LogP contribution >= 0.6 is 0 Å².